The molecule has 0 unspecified atom stereocenters. The van der Waals surface area contributed by atoms with Gasteiger partial charge in [0.1, 0.15) is 29.9 Å². The molecule has 2 aromatic heterocycles. The molecule has 0 spiro atoms. The van der Waals surface area contributed by atoms with Gasteiger partial charge in [0.15, 0.2) is 17.4 Å². The Morgan fingerprint density at radius 3 is 2.44 bits per heavy atom. The fourth-order valence-electron chi connectivity index (χ4n) is 4.13. The molecule has 0 atom stereocenters. The van der Waals surface area contributed by atoms with Crippen LogP contribution in [0.15, 0.2) is 48.8 Å². The predicted molar refractivity (Wildman–Crippen MR) is 153 cm³/mol. The van der Waals surface area contributed by atoms with Gasteiger partial charge in [0.25, 0.3) is 5.69 Å². The highest BCUT2D eigenvalue weighted by Crippen LogP contribution is 2.41. The third kappa shape index (κ3) is 6.87. The van der Waals surface area contributed by atoms with Gasteiger partial charge in [0.2, 0.25) is 0 Å². The average molecular weight is 581 g/mol. The Hall–Kier alpha value is -4.34. The number of nitriles is 1. The number of hydrogen-bond acceptors (Lipinski definition) is 7. The maximum absolute atomic E-state index is 14.8. The van der Waals surface area contributed by atoms with Gasteiger partial charge in [0.05, 0.1) is 34.1 Å². The van der Waals surface area contributed by atoms with E-state index in [1.807, 2.05) is 13.8 Å². The predicted octanol–water partition coefficient (Wildman–Crippen LogP) is 7.65. The van der Waals surface area contributed by atoms with Gasteiger partial charge in [-0.15, -0.1) is 0 Å². The molecule has 0 aliphatic carbocycles. The van der Waals surface area contributed by atoms with Crippen LogP contribution in [0.25, 0.3) is 22.2 Å². The van der Waals surface area contributed by atoms with E-state index in [-0.39, 0.29) is 18.6 Å². The van der Waals surface area contributed by atoms with E-state index in [1.54, 1.807) is 29.0 Å². The first-order chi connectivity index (χ1) is 19.4. The first-order valence-electron chi connectivity index (χ1n) is 13.0. The van der Waals surface area contributed by atoms with Crippen LogP contribution in [0.5, 0.6) is 17.2 Å². The number of non-ortho nitro benzene ring substituents is 1. The molecule has 0 saturated carbocycles. The molecule has 0 fully saturated rings. The van der Waals surface area contributed by atoms with Crippen molar-refractivity contribution in [3.63, 3.8) is 0 Å². The molecule has 4 aromatic rings. The molecule has 41 heavy (non-hydrogen) atoms. The van der Waals surface area contributed by atoms with E-state index in [9.17, 15) is 24.2 Å². The summed E-state index contributed by atoms with van der Waals surface area (Å²) < 4.78 is 48.7. The van der Waals surface area contributed by atoms with Crippen LogP contribution in [0.2, 0.25) is 25.7 Å². The van der Waals surface area contributed by atoms with Crippen LogP contribution in [-0.2, 0) is 11.5 Å². The Bertz CT molecular complexity index is 1620. The van der Waals surface area contributed by atoms with Crippen LogP contribution in [0, 0.1) is 33.1 Å². The second-order valence-corrected chi connectivity index (χ2v) is 16.6. The highest BCUT2D eigenvalue weighted by Gasteiger charge is 2.23. The van der Waals surface area contributed by atoms with E-state index >= 15 is 0 Å². The summed E-state index contributed by atoms with van der Waals surface area (Å²) in [5.74, 6) is -2.74. The number of rotatable bonds is 11. The summed E-state index contributed by atoms with van der Waals surface area (Å²) in [6.45, 7) is 11.2. The van der Waals surface area contributed by atoms with E-state index in [0.29, 0.717) is 52.2 Å². The summed E-state index contributed by atoms with van der Waals surface area (Å²) in [6.07, 6.45) is 3.07. The van der Waals surface area contributed by atoms with Crippen LogP contribution in [0.3, 0.4) is 0 Å². The van der Waals surface area contributed by atoms with Crippen molar-refractivity contribution in [3.05, 3.63) is 76.1 Å². The first kappa shape index (κ1) is 29.6. The van der Waals surface area contributed by atoms with Crippen molar-refractivity contribution in [1.29, 1.82) is 5.26 Å². The van der Waals surface area contributed by atoms with E-state index < -0.39 is 36.1 Å². The number of nitrogens with zero attached hydrogens (tertiary/aromatic N) is 4. The van der Waals surface area contributed by atoms with Crippen LogP contribution < -0.4 is 9.47 Å². The van der Waals surface area contributed by atoms with Crippen LogP contribution in [0.1, 0.15) is 19.4 Å². The highest BCUT2D eigenvalue weighted by atomic mass is 28.3. The number of fused-ring (bicyclic) bond motifs is 1. The van der Waals surface area contributed by atoms with Crippen molar-refractivity contribution in [3.8, 4) is 34.4 Å². The minimum absolute atomic E-state index is 0.0681. The SMILES string of the molecule is CC(C)Oc1ccc(-c2cn(COCC[Si](C)(C)C)c3nccc(Oc4c(F)cc([N+](=O)[O-])cc4F)c23)cc1C#N. The van der Waals surface area contributed by atoms with E-state index in [0.717, 1.165) is 6.04 Å². The molecule has 9 nitrogen and oxygen atoms in total. The van der Waals surface area contributed by atoms with Crippen molar-refractivity contribution >= 4 is 24.8 Å². The van der Waals surface area contributed by atoms with Crippen molar-refractivity contribution < 1.29 is 27.9 Å². The van der Waals surface area contributed by atoms with Crippen LogP contribution in [-0.4, -0.2) is 35.3 Å². The highest BCUT2D eigenvalue weighted by molar-refractivity contribution is 6.76. The molecular weight excluding hydrogens is 550 g/mol. The zero-order valence-electron chi connectivity index (χ0n) is 23.4. The third-order valence-corrected chi connectivity index (χ3v) is 7.83. The Kier molecular flexibility index (Phi) is 8.70. The lowest BCUT2D eigenvalue weighted by molar-refractivity contribution is -0.385. The molecule has 0 saturated heterocycles. The number of nitro groups is 1. The Morgan fingerprint density at radius 1 is 1.12 bits per heavy atom. The van der Waals surface area contributed by atoms with Gasteiger partial charge >= 0.3 is 0 Å². The number of benzene rings is 2. The van der Waals surface area contributed by atoms with Crippen molar-refractivity contribution in [1.82, 2.24) is 9.55 Å². The summed E-state index contributed by atoms with van der Waals surface area (Å²) in [4.78, 5) is 14.6. The number of ether oxygens (including phenoxy) is 3. The molecule has 0 bridgehead atoms. The quantitative estimate of drug-likeness (QED) is 0.0775. The number of aromatic nitrogens is 2. The maximum atomic E-state index is 14.8. The van der Waals surface area contributed by atoms with Gasteiger partial charge in [-0.3, -0.25) is 10.1 Å². The van der Waals surface area contributed by atoms with Crippen molar-refractivity contribution in [2.45, 2.75) is 52.4 Å². The van der Waals surface area contributed by atoms with E-state index in [2.05, 4.69) is 30.7 Å². The zero-order valence-corrected chi connectivity index (χ0v) is 24.4. The van der Waals surface area contributed by atoms with Gasteiger partial charge in [-0.2, -0.15) is 5.26 Å². The molecule has 0 aliphatic rings. The van der Waals surface area contributed by atoms with Crippen LogP contribution in [0.4, 0.5) is 14.5 Å². The van der Waals surface area contributed by atoms with Gasteiger partial charge in [0, 0.05) is 32.6 Å². The molecule has 0 aliphatic heterocycles. The summed E-state index contributed by atoms with van der Waals surface area (Å²) in [5.41, 5.74) is 1.19. The molecule has 4 rings (SSSR count). The molecule has 0 N–H and O–H groups in total. The van der Waals surface area contributed by atoms with Crippen molar-refractivity contribution in [2.24, 2.45) is 0 Å². The lowest BCUT2D eigenvalue weighted by atomic mass is 10.0. The van der Waals surface area contributed by atoms with Gasteiger partial charge in [-0.25, -0.2) is 13.8 Å². The maximum Gasteiger partial charge on any atom is 0.275 e. The monoisotopic (exact) mass is 580 g/mol. The standard InChI is InChI=1S/C29H30F2N4O5Si/c1-18(2)39-25-7-6-19(12-20(25)15-32)22-16-34(17-38-10-11-41(3,4)5)29-27(22)26(8-9-33-29)40-28-23(30)13-21(35(36)37)14-24(28)31/h6-9,12-14,16,18H,10-11,17H2,1-5H3. The fourth-order valence-corrected chi connectivity index (χ4v) is 4.89. The molecular formula is C29H30F2N4O5Si. The number of pyridine rings is 1. The minimum Gasteiger partial charge on any atom is -0.490 e. The summed E-state index contributed by atoms with van der Waals surface area (Å²) in [5, 5.41) is 21.2. The normalized spacial score (nSPS) is 11.6. The second-order valence-electron chi connectivity index (χ2n) is 11.0. The Balaban J connectivity index is 1.83. The van der Waals surface area contributed by atoms with E-state index in [4.69, 9.17) is 14.2 Å². The van der Waals surface area contributed by atoms with Gasteiger partial charge < -0.3 is 18.8 Å². The molecule has 0 amide bonds. The van der Waals surface area contributed by atoms with Gasteiger partial charge in [-0.05, 0) is 43.7 Å². The zero-order chi connectivity index (χ0) is 29.9. The topological polar surface area (TPSA) is 112 Å². The lowest BCUT2D eigenvalue weighted by Gasteiger charge is -2.15. The number of nitro benzene ring substituents is 1. The lowest BCUT2D eigenvalue weighted by Crippen LogP contribution is -2.22. The molecule has 0 radical (unpaired) electrons. The fraction of sp³-hybridized carbons (Fsp3) is 0.310. The van der Waals surface area contributed by atoms with Crippen molar-refractivity contribution in [2.75, 3.05) is 6.61 Å². The smallest absolute Gasteiger partial charge is 0.275 e. The largest absolute Gasteiger partial charge is 0.490 e. The molecule has 2 aromatic carbocycles. The Labute approximate surface area is 237 Å². The molecule has 2 heterocycles. The molecule has 214 valence electrons. The van der Waals surface area contributed by atoms with E-state index in [1.165, 1.54) is 12.3 Å². The summed E-state index contributed by atoms with van der Waals surface area (Å²) >= 11 is 0. The summed E-state index contributed by atoms with van der Waals surface area (Å²) in [7, 11) is -1.32. The first-order valence-corrected chi connectivity index (χ1v) is 16.7. The average Bonchev–Trinajstić information content (AvgIpc) is 3.27. The van der Waals surface area contributed by atoms with Crippen LogP contribution >= 0.6 is 0 Å². The summed E-state index contributed by atoms with van der Waals surface area (Å²) in [6, 6.07) is 10.9. The molecule has 12 heteroatoms. The number of hydrogen-bond donors (Lipinski definition) is 0. The Morgan fingerprint density at radius 2 is 1.83 bits per heavy atom. The van der Waals surface area contributed by atoms with Gasteiger partial charge in [-0.1, -0.05) is 25.7 Å². The second kappa shape index (κ2) is 12.0. The minimum atomic E-state index is -1.32. The third-order valence-electron chi connectivity index (χ3n) is 6.13. The number of halogens is 2.